The highest BCUT2D eigenvalue weighted by molar-refractivity contribution is 6.34. The number of hydrogen-bond acceptors (Lipinski definition) is 2. The molecule has 1 saturated heterocycles. The van der Waals surface area contributed by atoms with Gasteiger partial charge in [-0.15, -0.1) is 0 Å². The van der Waals surface area contributed by atoms with E-state index in [1.165, 1.54) is 0 Å². The molecular formula is C16H20Cl2N2O. The number of carbonyl (C=O) groups excluding carboxylic acids is 1. The Morgan fingerprint density at radius 2 is 1.90 bits per heavy atom. The average molecular weight is 327 g/mol. The quantitative estimate of drug-likeness (QED) is 0.904. The molecule has 21 heavy (non-hydrogen) atoms. The molecule has 0 aromatic heterocycles. The van der Waals surface area contributed by atoms with Crippen LogP contribution in [0.15, 0.2) is 18.2 Å². The minimum absolute atomic E-state index is 0.0799. The first-order chi connectivity index (χ1) is 9.95. The molecule has 1 amide bonds. The van der Waals surface area contributed by atoms with Crippen molar-refractivity contribution < 1.29 is 4.79 Å². The molecule has 5 heteroatoms. The number of piperidine rings is 1. The molecule has 1 aromatic carbocycles. The summed E-state index contributed by atoms with van der Waals surface area (Å²) < 4.78 is 0. The fourth-order valence-corrected chi connectivity index (χ4v) is 3.92. The van der Waals surface area contributed by atoms with E-state index in [1.54, 1.807) is 6.07 Å². The molecular weight excluding hydrogens is 307 g/mol. The van der Waals surface area contributed by atoms with Crippen LogP contribution < -0.4 is 5.73 Å². The summed E-state index contributed by atoms with van der Waals surface area (Å²) in [5.41, 5.74) is 7.04. The summed E-state index contributed by atoms with van der Waals surface area (Å²) in [6, 6.07) is 6.03. The Bertz CT molecular complexity index is 543. The van der Waals surface area contributed by atoms with Crippen molar-refractivity contribution in [2.75, 3.05) is 6.54 Å². The molecule has 114 valence electrons. The highest BCUT2D eigenvalue weighted by Crippen LogP contribution is 2.49. The first-order valence-corrected chi connectivity index (χ1v) is 8.23. The number of nitrogens with zero attached hydrogens (tertiary/aromatic N) is 1. The topological polar surface area (TPSA) is 46.3 Å². The first kappa shape index (κ1) is 15.1. The Hall–Kier alpha value is -0.770. The van der Waals surface area contributed by atoms with Crippen LogP contribution >= 0.6 is 23.2 Å². The van der Waals surface area contributed by atoms with Gasteiger partial charge in [0.15, 0.2) is 0 Å². The lowest BCUT2D eigenvalue weighted by Crippen LogP contribution is -2.49. The summed E-state index contributed by atoms with van der Waals surface area (Å²) in [4.78, 5) is 14.7. The van der Waals surface area contributed by atoms with Crippen LogP contribution in [0.1, 0.15) is 37.7 Å². The molecule has 1 aliphatic carbocycles. The molecule has 2 fully saturated rings. The van der Waals surface area contributed by atoms with Crippen molar-refractivity contribution >= 4 is 29.1 Å². The Balaban J connectivity index is 1.68. The lowest BCUT2D eigenvalue weighted by atomic mass is 9.98. The van der Waals surface area contributed by atoms with Gasteiger partial charge in [-0.1, -0.05) is 23.2 Å². The van der Waals surface area contributed by atoms with Crippen molar-refractivity contribution in [2.24, 2.45) is 11.7 Å². The predicted molar refractivity (Wildman–Crippen MR) is 85.7 cm³/mol. The zero-order valence-corrected chi connectivity index (χ0v) is 13.6. The van der Waals surface area contributed by atoms with Crippen LogP contribution in [0.2, 0.25) is 10.0 Å². The number of carbonyl (C=O) groups is 1. The Labute approximate surface area is 135 Å². The number of hydrogen-bond donors (Lipinski definition) is 1. The van der Waals surface area contributed by atoms with Gasteiger partial charge in [-0.25, -0.2) is 0 Å². The first-order valence-electron chi connectivity index (χ1n) is 7.47. The van der Waals surface area contributed by atoms with E-state index in [0.29, 0.717) is 10.0 Å². The van der Waals surface area contributed by atoms with Gasteiger partial charge in [0.2, 0.25) is 5.91 Å². The van der Waals surface area contributed by atoms with Crippen LogP contribution in [0.25, 0.3) is 0 Å². The molecule has 1 saturated carbocycles. The maximum atomic E-state index is 12.7. The highest BCUT2D eigenvalue weighted by atomic mass is 35.5. The zero-order chi connectivity index (χ0) is 15.1. The normalized spacial score (nSPS) is 32.1. The molecule has 0 spiro atoms. The van der Waals surface area contributed by atoms with E-state index in [9.17, 15) is 4.79 Å². The monoisotopic (exact) mass is 326 g/mol. The summed E-state index contributed by atoms with van der Waals surface area (Å²) in [6.07, 6.45) is 2.69. The van der Waals surface area contributed by atoms with Crippen molar-refractivity contribution in [3.8, 4) is 0 Å². The van der Waals surface area contributed by atoms with Gasteiger partial charge in [0.25, 0.3) is 0 Å². The lowest BCUT2D eigenvalue weighted by molar-refractivity contribution is -0.136. The van der Waals surface area contributed by atoms with E-state index in [4.69, 9.17) is 28.9 Å². The van der Waals surface area contributed by atoms with Gasteiger partial charge in [-0.05, 0) is 55.9 Å². The van der Waals surface area contributed by atoms with Gasteiger partial charge in [0, 0.05) is 34.6 Å². The molecule has 0 unspecified atom stereocenters. The van der Waals surface area contributed by atoms with Gasteiger partial charge in [-0.2, -0.15) is 0 Å². The maximum Gasteiger partial charge on any atom is 0.226 e. The third kappa shape index (κ3) is 3.20. The fourth-order valence-electron chi connectivity index (χ4n) is 3.37. The number of amides is 1. The van der Waals surface area contributed by atoms with Gasteiger partial charge < -0.3 is 10.6 Å². The van der Waals surface area contributed by atoms with Crippen LogP contribution in [0.3, 0.4) is 0 Å². The zero-order valence-electron chi connectivity index (χ0n) is 12.1. The van der Waals surface area contributed by atoms with E-state index in [-0.39, 0.29) is 29.8 Å². The van der Waals surface area contributed by atoms with Crippen molar-refractivity contribution in [2.45, 2.75) is 44.2 Å². The van der Waals surface area contributed by atoms with Crippen molar-refractivity contribution in [1.82, 2.24) is 4.90 Å². The number of benzene rings is 1. The van der Waals surface area contributed by atoms with Crippen LogP contribution in [0.5, 0.6) is 0 Å². The largest absolute Gasteiger partial charge is 0.340 e. The Morgan fingerprint density at radius 1 is 1.24 bits per heavy atom. The van der Waals surface area contributed by atoms with E-state index in [0.717, 1.165) is 31.4 Å². The van der Waals surface area contributed by atoms with Crippen LogP contribution in [0, 0.1) is 5.92 Å². The molecule has 2 N–H and O–H groups in total. The SMILES string of the molecule is C[C@@H]1C[C@H](N)CCN1C(=O)[C@@H]1C[C@H]1c1cc(Cl)cc(Cl)c1. The number of rotatable bonds is 2. The average Bonchev–Trinajstić information content (AvgIpc) is 3.17. The van der Waals surface area contributed by atoms with E-state index in [1.807, 2.05) is 17.0 Å². The van der Waals surface area contributed by atoms with Gasteiger partial charge in [-0.3, -0.25) is 4.79 Å². The number of nitrogens with two attached hydrogens (primary N) is 1. The summed E-state index contributed by atoms with van der Waals surface area (Å²) in [5, 5.41) is 1.26. The summed E-state index contributed by atoms with van der Waals surface area (Å²) in [7, 11) is 0. The van der Waals surface area contributed by atoms with Crippen molar-refractivity contribution in [3.05, 3.63) is 33.8 Å². The van der Waals surface area contributed by atoms with E-state index < -0.39 is 0 Å². The van der Waals surface area contributed by atoms with Crippen LogP contribution in [-0.2, 0) is 4.79 Å². The Morgan fingerprint density at radius 3 is 2.52 bits per heavy atom. The molecule has 3 nitrogen and oxygen atoms in total. The lowest BCUT2D eigenvalue weighted by Gasteiger charge is -2.36. The number of likely N-dealkylation sites (tertiary alicyclic amines) is 1. The van der Waals surface area contributed by atoms with Gasteiger partial charge >= 0.3 is 0 Å². The van der Waals surface area contributed by atoms with Crippen molar-refractivity contribution in [1.29, 1.82) is 0 Å². The Kier molecular flexibility index (Phi) is 4.17. The highest BCUT2D eigenvalue weighted by Gasteiger charge is 2.47. The third-order valence-corrected chi connectivity index (χ3v) is 5.06. The molecule has 0 radical (unpaired) electrons. The third-order valence-electron chi connectivity index (χ3n) is 4.62. The maximum absolute atomic E-state index is 12.7. The molecule has 2 aliphatic rings. The number of halogens is 2. The fraction of sp³-hybridized carbons (Fsp3) is 0.562. The molecule has 0 bridgehead atoms. The predicted octanol–water partition coefficient (Wildman–Crippen LogP) is 3.44. The van der Waals surface area contributed by atoms with E-state index in [2.05, 4.69) is 6.92 Å². The molecule has 1 aliphatic heterocycles. The van der Waals surface area contributed by atoms with Crippen LogP contribution in [0.4, 0.5) is 0 Å². The second-order valence-electron chi connectivity index (χ2n) is 6.32. The summed E-state index contributed by atoms with van der Waals surface area (Å²) >= 11 is 12.1. The molecule has 4 atom stereocenters. The molecule has 3 rings (SSSR count). The standard InChI is InChI=1S/C16H20Cl2N2O/c1-9-4-13(19)2-3-20(9)16(21)15-8-14(15)10-5-11(17)7-12(18)6-10/h5-7,9,13-15H,2-4,8,19H2,1H3/t9-,13-,14+,15-/m1/s1. The smallest absolute Gasteiger partial charge is 0.226 e. The van der Waals surface area contributed by atoms with Gasteiger partial charge in [0.05, 0.1) is 0 Å². The van der Waals surface area contributed by atoms with E-state index >= 15 is 0 Å². The minimum Gasteiger partial charge on any atom is -0.340 e. The van der Waals surface area contributed by atoms with Gasteiger partial charge in [0.1, 0.15) is 0 Å². The molecule has 1 aromatic rings. The summed E-state index contributed by atoms with van der Waals surface area (Å²) in [5.74, 6) is 0.600. The minimum atomic E-state index is 0.0799. The second kappa shape index (κ2) is 5.79. The van der Waals surface area contributed by atoms with Crippen molar-refractivity contribution in [3.63, 3.8) is 0 Å². The summed E-state index contributed by atoms with van der Waals surface area (Å²) in [6.45, 7) is 2.87. The van der Waals surface area contributed by atoms with Crippen LogP contribution in [-0.4, -0.2) is 29.4 Å². The second-order valence-corrected chi connectivity index (χ2v) is 7.19. The molecule has 1 heterocycles.